The van der Waals surface area contributed by atoms with Crippen molar-refractivity contribution in [3.63, 3.8) is 0 Å². The van der Waals surface area contributed by atoms with Crippen molar-refractivity contribution in [2.75, 3.05) is 14.2 Å². The number of ether oxygens (including phenoxy) is 2. The van der Waals surface area contributed by atoms with Gasteiger partial charge in [-0.3, -0.25) is 0 Å². The second-order valence-corrected chi connectivity index (χ2v) is 4.30. The standard InChI is InChI=1S/C15H13F3O3/c1-20-13-4-3-8(5-14(13)21-2)15(19)9-6-11(17)12(18)7-10(9)16/h3-7,15,19H,1-2H3. The van der Waals surface area contributed by atoms with Crippen molar-refractivity contribution >= 4 is 0 Å². The Bertz CT molecular complexity index is 659. The van der Waals surface area contributed by atoms with E-state index in [4.69, 9.17) is 9.47 Å². The van der Waals surface area contributed by atoms with Crippen LogP contribution < -0.4 is 9.47 Å². The summed E-state index contributed by atoms with van der Waals surface area (Å²) in [5.74, 6) is -2.81. The topological polar surface area (TPSA) is 38.7 Å². The van der Waals surface area contributed by atoms with E-state index in [9.17, 15) is 18.3 Å². The highest BCUT2D eigenvalue weighted by molar-refractivity contribution is 5.45. The average molecular weight is 298 g/mol. The molecule has 2 rings (SSSR count). The van der Waals surface area contributed by atoms with Gasteiger partial charge in [0.15, 0.2) is 23.1 Å². The Hall–Kier alpha value is -2.21. The lowest BCUT2D eigenvalue weighted by molar-refractivity contribution is 0.213. The minimum atomic E-state index is -1.46. The molecule has 0 spiro atoms. The van der Waals surface area contributed by atoms with E-state index in [0.29, 0.717) is 23.6 Å². The number of hydrogen-bond acceptors (Lipinski definition) is 3. The summed E-state index contributed by atoms with van der Waals surface area (Å²) in [5, 5.41) is 10.1. The first kappa shape index (κ1) is 15.2. The predicted molar refractivity (Wildman–Crippen MR) is 69.9 cm³/mol. The van der Waals surface area contributed by atoms with Gasteiger partial charge in [0.1, 0.15) is 11.9 Å². The van der Waals surface area contributed by atoms with Crippen LogP contribution in [0.4, 0.5) is 13.2 Å². The second kappa shape index (κ2) is 6.05. The summed E-state index contributed by atoms with van der Waals surface area (Å²) in [4.78, 5) is 0. The fraction of sp³-hybridized carbons (Fsp3) is 0.200. The summed E-state index contributed by atoms with van der Waals surface area (Å²) in [6, 6.07) is 5.47. The Morgan fingerprint density at radius 3 is 2.10 bits per heavy atom. The summed E-state index contributed by atoms with van der Waals surface area (Å²) in [5.41, 5.74) is -0.0984. The quantitative estimate of drug-likeness (QED) is 0.881. The molecule has 0 saturated carbocycles. The minimum Gasteiger partial charge on any atom is -0.493 e. The predicted octanol–water partition coefficient (Wildman–Crippen LogP) is 3.20. The lowest BCUT2D eigenvalue weighted by atomic mass is 10.0. The van der Waals surface area contributed by atoms with Gasteiger partial charge in [0.05, 0.1) is 14.2 Å². The number of methoxy groups -OCH3 is 2. The highest BCUT2D eigenvalue weighted by atomic mass is 19.2. The molecule has 1 unspecified atom stereocenters. The summed E-state index contributed by atoms with van der Waals surface area (Å²) >= 11 is 0. The third kappa shape index (κ3) is 2.95. The molecule has 1 atom stereocenters. The van der Waals surface area contributed by atoms with Crippen molar-refractivity contribution in [3.8, 4) is 11.5 Å². The van der Waals surface area contributed by atoms with Gasteiger partial charge in [0.2, 0.25) is 0 Å². The Labute approximate surface area is 119 Å². The van der Waals surface area contributed by atoms with Crippen molar-refractivity contribution in [2.24, 2.45) is 0 Å². The molecule has 3 nitrogen and oxygen atoms in total. The van der Waals surface area contributed by atoms with Gasteiger partial charge in [0.25, 0.3) is 0 Å². The highest BCUT2D eigenvalue weighted by Gasteiger charge is 2.19. The maximum Gasteiger partial charge on any atom is 0.161 e. The van der Waals surface area contributed by atoms with Gasteiger partial charge in [-0.2, -0.15) is 0 Å². The van der Waals surface area contributed by atoms with Crippen molar-refractivity contribution in [1.82, 2.24) is 0 Å². The van der Waals surface area contributed by atoms with Crippen molar-refractivity contribution in [2.45, 2.75) is 6.10 Å². The van der Waals surface area contributed by atoms with Crippen LogP contribution >= 0.6 is 0 Å². The monoisotopic (exact) mass is 298 g/mol. The van der Waals surface area contributed by atoms with Gasteiger partial charge in [0, 0.05) is 11.6 Å². The number of aliphatic hydroxyl groups excluding tert-OH is 1. The van der Waals surface area contributed by atoms with Crippen molar-refractivity contribution in [1.29, 1.82) is 0 Å². The fourth-order valence-electron chi connectivity index (χ4n) is 1.95. The van der Waals surface area contributed by atoms with E-state index in [1.165, 1.54) is 32.4 Å². The van der Waals surface area contributed by atoms with Crippen LogP contribution in [0, 0.1) is 17.5 Å². The molecule has 0 heterocycles. The van der Waals surface area contributed by atoms with Crippen LogP contribution in [0.1, 0.15) is 17.2 Å². The summed E-state index contributed by atoms with van der Waals surface area (Å²) in [7, 11) is 2.86. The zero-order valence-corrected chi connectivity index (χ0v) is 11.4. The van der Waals surface area contributed by atoms with Crippen LogP contribution in [0.5, 0.6) is 11.5 Å². The van der Waals surface area contributed by atoms with Crippen LogP contribution in [0.15, 0.2) is 30.3 Å². The molecule has 6 heteroatoms. The number of rotatable bonds is 4. The third-order valence-electron chi connectivity index (χ3n) is 3.06. The SMILES string of the molecule is COc1ccc(C(O)c2cc(F)c(F)cc2F)cc1OC. The molecule has 0 radical (unpaired) electrons. The Balaban J connectivity index is 2.45. The molecule has 21 heavy (non-hydrogen) atoms. The van der Waals surface area contributed by atoms with Gasteiger partial charge < -0.3 is 14.6 Å². The Kier molecular flexibility index (Phi) is 4.37. The zero-order valence-electron chi connectivity index (χ0n) is 11.4. The van der Waals surface area contributed by atoms with E-state index < -0.39 is 23.6 Å². The van der Waals surface area contributed by atoms with Crippen molar-refractivity contribution in [3.05, 3.63) is 58.9 Å². The van der Waals surface area contributed by atoms with Gasteiger partial charge >= 0.3 is 0 Å². The zero-order chi connectivity index (χ0) is 15.6. The number of halogens is 3. The van der Waals surface area contributed by atoms with E-state index in [0.717, 1.165) is 0 Å². The van der Waals surface area contributed by atoms with E-state index in [-0.39, 0.29) is 11.1 Å². The highest BCUT2D eigenvalue weighted by Crippen LogP contribution is 2.33. The summed E-state index contributed by atoms with van der Waals surface area (Å²) in [6.07, 6.45) is -1.46. The third-order valence-corrected chi connectivity index (χ3v) is 3.06. The molecule has 0 bridgehead atoms. The molecule has 0 aromatic heterocycles. The van der Waals surface area contributed by atoms with Crippen LogP contribution in [0.3, 0.4) is 0 Å². The molecule has 0 fully saturated rings. The normalized spacial score (nSPS) is 12.1. The van der Waals surface area contributed by atoms with E-state index in [1.807, 2.05) is 0 Å². The maximum absolute atomic E-state index is 13.7. The average Bonchev–Trinajstić information content (AvgIpc) is 2.49. The Morgan fingerprint density at radius 1 is 0.857 bits per heavy atom. The first-order chi connectivity index (χ1) is 9.97. The van der Waals surface area contributed by atoms with Crippen LogP contribution in [-0.4, -0.2) is 19.3 Å². The molecule has 0 aliphatic carbocycles. The van der Waals surface area contributed by atoms with E-state index in [2.05, 4.69) is 0 Å². The smallest absolute Gasteiger partial charge is 0.161 e. The van der Waals surface area contributed by atoms with Crippen molar-refractivity contribution < 1.29 is 27.8 Å². The van der Waals surface area contributed by atoms with Gasteiger partial charge in [-0.25, -0.2) is 13.2 Å². The molecule has 2 aromatic carbocycles. The number of hydrogen-bond donors (Lipinski definition) is 1. The molecule has 112 valence electrons. The largest absolute Gasteiger partial charge is 0.493 e. The first-order valence-electron chi connectivity index (χ1n) is 6.02. The second-order valence-electron chi connectivity index (χ2n) is 4.30. The van der Waals surface area contributed by atoms with Crippen LogP contribution in [-0.2, 0) is 0 Å². The van der Waals surface area contributed by atoms with E-state index in [1.54, 1.807) is 0 Å². The molecule has 0 aliphatic rings. The van der Waals surface area contributed by atoms with Crippen LogP contribution in [0.2, 0.25) is 0 Å². The molecule has 2 aromatic rings. The minimum absolute atomic E-state index is 0.262. The number of aliphatic hydroxyl groups is 1. The molecule has 1 N–H and O–H groups in total. The van der Waals surface area contributed by atoms with Gasteiger partial charge in [-0.1, -0.05) is 6.07 Å². The van der Waals surface area contributed by atoms with Gasteiger partial charge in [-0.05, 0) is 23.8 Å². The molecule has 0 amide bonds. The molecule has 0 saturated heterocycles. The first-order valence-corrected chi connectivity index (χ1v) is 6.02. The molecular weight excluding hydrogens is 285 g/mol. The number of benzene rings is 2. The summed E-state index contributed by atoms with van der Waals surface area (Å²) in [6.45, 7) is 0. The Morgan fingerprint density at radius 2 is 1.48 bits per heavy atom. The lowest BCUT2D eigenvalue weighted by Gasteiger charge is -2.15. The lowest BCUT2D eigenvalue weighted by Crippen LogP contribution is -2.05. The van der Waals surface area contributed by atoms with Gasteiger partial charge in [-0.15, -0.1) is 0 Å². The fourth-order valence-corrected chi connectivity index (χ4v) is 1.95. The molecular formula is C15H13F3O3. The molecule has 0 aliphatic heterocycles. The summed E-state index contributed by atoms with van der Waals surface area (Å²) < 4.78 is 49.9. The van der Waals surface area contributed by atoms with E-state index >= 15 is 0 Å². The maximum atomic E-state index is 13.7. The van der Waals surface area contributed by atoms with Crippen LogP contribution in [0.25, 0.3) is 0 Å².